The van der Waals surface area contributed by atoms with Crippen molar-refractivity contribution in [3.8, 4) is 11.5 Å². The van der Waals surface area contributed by atoms with E-state index >= 15 is 0 Å². The predicted octanol–water partition coefficient (Wildman–Crippen LogP) is 5.25. The lowest BCUT2D eigenvalue weighted by molar-refractivity contribution is -0.115. The van der Waals surface area contributed by atoms with Crippen molar-refractivity contribution in [2.45, 2.75) is 0 Å². The fourth-order valence-corrected chi connectivity index (χ4v) is 2.45. The number of anilines is 1. The van der Waals surface area contributed by atoms with Crippen molar-refractivity contribution in [2.75, 3.05) is 5.32 Å². The van der Waals surface area contributed by atoms with E-state index in [9.17, 15) is 4.79 Å². The van der Waals surface area contributed by atoms with Crippen LogP contribution in [-0.4, -0.2) is 11.0 Å². The molecule has 0 spiro atoms. The van der Waals surface area contributed by atoms with Gasteiger partial charge < -0.3 is 14.5 Å². The summed E-state index contributed by atoms with van der Waals surface area (Å²) in [5, 5.41) is 6.33. The molecule has 0 aliphatic heterocycles. The average Bonchev–Trinajstić information content (AvgIpc) is 3.17. The van der Waals surface area contributed by atoms with Crippen molar-refractivity contribution in [3.05, 3.63) is 83.8 Å². The molecule has 3 rings (SSSR count). The Labute approximate surface area is 166 Å². The monoisotopic (exact) mass is 398 g/mol. The summed E-state index contributed by atoms with van der Waals surface area (Å²) < 4.78 is 10.8. The summed E-state index contributed by atoms with van der Waals surface area (Å²) in [6.45, 7) is 0. The van der Waals surface area contributed by atoms with Gasteiger partial charge in [0.2, 0.25) is 5.91 Å². The molecule has 0 atom stereocenters. The van der Waals surface area contributed by atoms with E-state index in [1.54, 1.807) is 66.7 Å². The summed E-state index contributed by atoms with van der Waals surface area (Å²) in [5.41, 5.74) is 0.721. The Hall–Kier alpha value is -3.09. The number of carbonyl (C=O) groups excluding carboxylic acids is 1. The van der Waals surface area contributed by atoms with Crippen molar-refractivity contribution in [1.29, 1.82) is 0 Å². The third-order valence-corrected chi connectivity index (χ3v) is 3.80. The van der Waals surface area contributed by atoms with Gasteiger partial charge in [-0.15, -0.1) is 0 Å². The Morgan fingerprint density at radius 3 is 2.33 bits per heavy atom. The molecule has 0 bridgehead atoms. The van der Waals surface area contributed by atoms with Gasteiger partial charge in [0.05, 0.1) is 6.26 Å². The number of amides is 1. The molecule has 3 aromatic rings. The maximum Gasteiger partial charge on any atom is 0.250 e. The van der Waals surface area contributed by atoms with Crippen LogP contribution in [0.5, 0.6) is 11.5 Å². The highest BCUT2D eigenvalue weighted by Crippen LogP contribution is 2.24. The van der Waals surface area contributed by atoms with E-state index in [1.165, 1.54) is 12.3 Å². The summed E-state index contributed by atoms with van der Waals surface area (Å²) in [7, 11) is 0. The maximum absolute atomic E-state index is 11.8. The van der Waals surface area contributed by atoms with Crippen LogP contribution in [0.25, 0.3) is 6.08 Å². The minimum Gasteiger partial charge on any atom is -0.465 e. The number of thiocarbonyl (C=S) groups is 1. The molecule has 27 heavy (non-hydrogen) atoms. The summed E-state index contributed by atoms with van der Waals surface area (Å²) in [5.74, 6) is 1.58. The number of rotatable bonds is 5. The molecule has 0 aliphatic rings. The minimum atomic E-state index is -0.355. The van der Waals surface area contributed by atoms with Crippen molar-refractivity contribution in [2.24, 2.45) is 0 Å². The molecule has 0 saturated heterocycles. The van der Waals surface area contributed by atoms with Gasteiger partial charge in [-0.05, 0) is 79.0 Å². The number of halogens is 1. The molecule has 0 radical (unpaired) electrons. The fourth-order valence-electron chi connectivity index (χ4n) is 2.10. The zero-order valence-corrected chi connectivity index (χ0v) is 15.6. The van der Waals surface area contributed by atoms with Gasteiger partial charge in [0.1, 0.15) is 17.3 Å². The van der Waals surface area contributed by atoms with E-state index in [4.69, 9.17) is 33.0 Å². The van der Waals surface area contributed by atoms with Gasteiger partial charge in [0.25, 0.3) is 0 Å². The molecule has 136 valence electrons. The summed E-state index contributed by atoms with van der Waals surface area (Å²) >= 11 is 11.0. The molecule has 1 amide bonds. The minimum absolute atomic E-state index is 0.190. The predicted molar refractivity (Wildman–Crippen MR) is 110 cm³/mol. The lowest BCUT2D eigenvalue weighted by atomic mass is 10.3. The van der Waals surface area contributed by atoms with Crippen LogP contribution < -0.4 is 15.4 Å². The Kier molecular flexibility index (Phi) is 6.25. The highest BCUT2D eigenvalue weighted by Gasteiger charge is 2.03. The second-order valence-corrected chi connectivity index (χ2v) is 6.22. The molecular weight excluding hydrogens is 384 g/mol. The van der Waals surface area contributed by atoms with Crippen LogP contribution in [0.1, 0.15) is 5.76 Å². The normalized spacial score (nSPS) is 10.6. The first-order valence-corrected chi connectivity index (χ1v) is 8.74. The second-order valence-electron chi connectivity index (χ2n) is 5.37. The number of benzene rings is 2. The first-order chi connectivity index (χ1) is 13.1. The van der Waals surface area contributed by atoms with Crippen LogP contribution in [0.3, 0.4) is 0 Å². The van der Waals surface area contributed by atoms with Crippen LogP contribution >= 0.6 is 23.8 Å². The number of hydrogen-bond acceptors (Lipinski definition) is 4. The van der Waals surface area contributed by atoms with Gasteiger partial charge in [-0.25, -0.2) is 0 Å². The number of hydrogen-bond donors (Lipinski definition) is 2. The van der Waals surface area contributed by atoms with Crippen LogP contribution in [0.15, 0.2) is 77.4 Å². The average molecular weight is 399 g/mol. The topological polar surface area (TPSA) is 63.5 Å². The molecule has 0 aliphatic carbocycles. The van der Waals surface area contributed by atoms with Crippen LogP contribution in [0.2, 0.25) is 5.02 Å². The molecule has 1 heterocycles. The summed E-state index contributed by atoms with van der Waals surface area (Å²) in [6, 6.07) is 17.7. The van der Waals surface area contributed by atoms with Gasteiger partial charge in [-0.1, -0.05) is 11.6 Å². The van der Waals surface area contributed by atoms with Gasteiger partial charge in [-0.2, -0.15) is 0 Å². The fraction of sp³-hybridized carbons (Fsp3) is 0. The molecule has 5 nitrogen and oxygen atoms in total. The van der Waals surface area contributed by atoms with E-state index in [2.05, 4.69) is 10.6 Å². The van der Waals surface area contributed by atoms with Gasteiger partial charge in [0.15, 0.2) is 5.11 Å². The van der Waals surface area contributed by atoms with Crippen molar-refractivity contribution >= 4 is 46.6 Å². The van der Waals surface area contributed by atoms with Crippen LogP contribution in [0, 0.1) is 0 Å². The van der Waals surface area contributed by atoms with Gasteiger partial charge >= 0.3 is 0 Å². The molecule has 1 aromatic heterocycles. The molecular formula is C20H15ClN2O3S. The Bertz CT molecular complexity index is 936. The van der Waals surface area contributed by atoms with Crippen molar-refractivity contribution in [1.82, 2.24) is 5.32 Å². The van der Waals surface area contributed by atoms with E-state index in [-0.39, 0.29) is 11.0 Å². The largest absolute Gasteiger partial charge is 0.465 e. The molecule has 0 unspecified atom stereocenters. The summed E-state index contributed by atoms with van der Waals surface area (Å²) in [4.78, 5) is 11.8. The van der Waals surface area contributed by atoms with Crippen LogP contribution in [0.4, 0.5) is 5.69 Å². The number of nitrogens with one attached hydrogen (secondary N) is 2. The first kappa shape index (κ1) is 18.7. The standard InChI is InChI=1S/C20H15ClN2O3S/c21-14-3-7-17(8-4-14)26-18-9-5-15(6-10-18)22-20(27)23-19(24)12-11-16-2-1-13-25-16/h1-13H,(H2,22,23,24,27)/b12-11+. The van der Waals surface area contributed by atoms with Gasteiger partial charge in [-0.3, -0.25) is 10.1 Å². The SMILES string of the molecule is O=C(/C=C/c1ccco1)NC(=S)Nc1ccc(Oc2ccc(Cl)cc2)cc1. The third kappa shape index (κ3) is 5.99. The molecule has 2 aromatic carbocycles. The molecule has 0 saturated carbocycles. The highest BCUT2D eigenvalue weighted by atomic mass is 35.5. The Balaban J connectivity index is 1.50. The number of furan rings is 1. The van der Waals surface area contributed by atoms with Crippen molar-refractivity contribution < 1.29 is 13.9 Å². The maximum atomic E-state index is 11.8. The second kappa shape index (κ2) is 9.02. The molecule has 0 fully saturated rings. The van der Waals surface area contributed by atoms with E-state index in [1.807, 2.05) is 0 Å². The quantitative estimate of drug-likeness (QED) is 0.454. The van der Waals surface area contributed by atoms with E-state index in [0.717, 1.165) is 5.69 Å². The molecule has 7 heteroatoms. The zero-order valence-electron chi connectivity index (χ0n) is 14.0. The third-order valence-electron chi connectivity index (χ3n) is 3.34. The zero-order chi connectivity index (χ0) is 19.1. The first-order valence-electron chi connectivity index (χ1n) is 7.95. The van der Waals surface area contributed by atoms with E-state index < -0.39 is 0 Å². The van der Waals surface area contributed by atoms with Crippen molar-refractivity contribution in [3.63, 3.8) is 0 Å². The molecule has 2 N–H and O–H groups in total. The Morgan fingerprint density at radius 1 is 1.04 bits per heavy atom. The lowest BCUT2D eigenvalue weighted by Crippen LogP contribution is -2.32. The number of ether oxygens (including phenoxy) is 1. The summed E-state index contributed by atoms with van der Waals surface area (Å²) in [6.07, 6.45) is 4.43. The highest BCUT2D eigenvalue weighted by molar-refractivity contribution is 7.80. The van der Waals surface area contributed by atoms with Crippen LogP contribution in [-0.2, 0) is 4.79 Å². The number of carbonyl (C=O) groups is 1. The Morgan fingerprint density at radius 2 is 1.70 bits per heavy atom. The van der Waals surface area contributed by atoms with E-state index in [0.29, 0.717) is 22.3 Å². The smallest absolute Gasteiger partial charge is 0.250 e. The van der Waals surface area contributed by atoms with Gasteiger partial charge in [0, 0.05) is 16.8 Å². The lowest BCUT2D eigenvalue weighted by Gasteiger charge is -2.10.